The average molecular weight is 207 g/mol. The van der Waals surface area contributed by atoms with E-state index < -0.39 is 0 Å². The Morgan fingerprint density at radius 2 is 2.07 bits per heavy atom. The van der Waals surface area contributed by atoms with E-state index in [1.807, 2.05) is 25.1 Å². The van der Waals surface area contributed by atoms with Crippen LogP contribution in [0.1, 0.15) is 38.1 Å². The van der Waals surface area contributed by atoms with Gasteiger partial charge >= 0.3 is 0 Å². The molecule has 0 aliphatic heterocycles. The van der Waals surface area contributed by atoms with Gasteiger partial charge in [-0.25, -0.2) is 0 Å². The van der Waals surface area contributed by atoms with Crippen molar-refractivity contribution >= 4 is 0 Å². The number of aliphatic hydroxyl groups is 1. The quantitative estimate of drug-likeness (QED) is 0.805. The second-order valence-electron chi connectivity index (χ2n) is 4.59. The summed E-state index contributed by atoms with van der Waals surface area (Å²) < 4.78 is 0. The zero-order valence-corrected chi connectivity index (χ0v) is 9.90. The Hall–Kier alpha value is -0.890. The Kier molecular flexibility index (Phi) is 4.76. The fraction of sp³-hybridized carbons (Fsp3) is 0.615. The molecule has 0 aliphatic carbocycles. The molecule has 1 aromatic rings. The molecule has 0 fully saturated rings. The van der Waals surface area contributed by atoms with Gasteiger partial charge in [0, 0.05) is 11.4 Å². The summed E-state index contributed by atoms with van der Waals surface area (Å²) >= 11 is 0. The van der Waals surface area contributed by atoms with E-state index in [2.05, 4.69) is 18.8 Å². The fourth-order valence-electron chi connectivity index (χ4n) is 1.72. The number of hydrogen-bond donors (Lipinski definition) is 1. The van der Waals surface area contributed by atoms with Crippen LogP contribution in [0.15, 0.2) is 18.2 Å². The zero-order chi connectivity index (χ0) is 11.3. The smallest absolute Gasteiger partial charge is 0.0546 e. The second-order valence-corrected chi connectivity index (χ2v) is 4.59. The van der Waals surface area contributed by atoms with E-state index in [4.69, 9.17) is 0 Å². The summed E-state index contributed by atoms with van der Waals surface area (Å²) in [5, 5.41) is 9.72. The first-order valence-electron chi connectivity index (χ1n) is 5.68. The number of aliphatic hydroxyl groups excluding tert-OH is 1. The van der Waals surface area contributed by atoms with Crippen LogP contribution in [0, 0.1) is 12.8 Å². The first kappa shape index (κ1) is 12.2. The molecule has 0 amide bonds. The lowest BCUT2D eigenvalue weighted by molar-refractivity contribution is 0.139. The number of hydrogen-bond acceptors (Lipinski definition) is 2. The molecule has 0 aromatic carbocycles. The summed E-state index contributed by atoms with van der Waals surface area (Å²) in [4.78, 5) is 4.41. The highest BCUT2D eigenvalue weighted by molar-refractivity contribution is 5.09. The lowest BCUT2D eigenvalue weighted by atomic mass is 10.0. The van der Waals surface area contributed by atoms with Gasteiger partial charge in [-0.1, -0.05) is 19.9 Å². The zero-order valence-electron chi connectivity index (χ0n) is 9.90. The predicted octanol–water partition coefficient (Wildman–Crippen LogP) is 2.73. The summed E-state index contributed by atoms with van der Waals surface area (Å²) in [5.41, 5.74) is 2.13. The highest BCUT2D eigenvalue weighted by Crippen LogP contribution is 2.10. The van der Waals surface area contributed by atoms with Crippen LogP contribution in [0.3, 0.4) is 0 Å². The largest absolute Gasteiger partial charge is 0.393 e. The molecule has 1 N–H and O–H groups in total. The number of pyridine rings is 1. The molecule has 1 heterocycles. The van der Waals surface area contributed by atoms with Gasteiger partial charge in [-0.05, 0) is 44.2 Å². The van der Waals surface area contributed by atoms with Crippen LogP contribution in [0.5, 0.6) is 0 Å². The lowest BCUT2D eigenvalue weighted by Gasteiger charge is -2.12. The SMILES string of the molecule is Cc1cccc(CCC(O)CC(C)C)n1. The molecule has 2 nitrogen and oxygen atoms in total. The van der Waals surface area contributed by atoms with Gasteiger partial charge in [-0.2, -0.15) is 0 Å². The minimum absolute atomic E-state index is 0.188. The maximum Gasteiger partial charge on any atom is 0.0546 e. The minimum atomic E-state index is -0.188. The molecule has 1 unspecified atom stereocenters. The lowest BCUT2D eigenvalue weighted by Crippen LogP contribution is -2.11. The van der Waals surface area contributed by atoms with E-state index >= 15 is 0 Å². The van der Waals surface area contributed by atoms with Crippen molar-refractivity contribution in [1.29, 1.82) is 0 Å². The highest BCUT2D eigenvalue weighted by Gasteiger charge is 2.07. The Bertz CT molecular complexity index is 296. The van der Waals surface area contributed by atoms with Crippen LogP contribution in [0.2, 0.25) is 0 Å². The summed E-state index contributed by atoms with van der Waals surface area (Å²) in [7, 11) is 0. The van der Waals surface area contributed by atoms with E-state index in [1.54, 1.807) is 0 Å². The first-order valence-corrected chi connectivity index (χ1v) is 5.68. The second kappa shape index (κ2) is 5.86. The normalized spacial score (nSPS) is 13.1. The molecule has 1 rings (SSSR count). The van der Waals surface area contributed by atoms with E-state index in [0.29, 0.717) is 5.92 Å². The molecule has 0 aliphatic rings. The van der Waals surface area contributed by atoms with Crippen molar-refractivity contribution in [3.05, 3.63) is 29.6 Å². The van der Waals surface area contributed by atoms with Gasteiger partial charge in [0.2, 0.25) is 0 Å². The number of aromatic nitrogens is 1. The van der Waals surface area contributed by atoms with Crippen LogP contribution >= 0.6 is 0 Å². The third-order valence-corrected chi connectivity index (χ3v) is 2.42. The van der Waals surface area contributed by atoms with Crippen LogP contribution in [-0.4, -0.2) is 16.2 Å². The molecule has 84 valence electrons. The van der Waals surface area contributed by atoms with Gasteiger partial charge in [0.05, 0.1) is 6.10 Å². The summed E-state index contributed by atoms with van der Waals surface area (Å²) in [6.45, 7) is 6.26. The van der Waals surface area contributed by atoms with Crippen LogP contribution in [0.4, 0.5) is 0 Å². The first-order chi connectivity index (χ1) is 7.08. The van der Waals surface area contributed by atoms with E-state index in [1.165, 1.54) is 0 Å². The van der Waals surface area contributed by atoms with Crippen molar-refractivity contribution in [2.75, 3.05) is 0 Å². The van der Waals surface area contributed by atoms with Crippen molar-refractivity contribution in [3.63, 3.8) is 0 Å². The maximum absolute atomic E-state index is 9.72. The van der Waals surface area contributed by atoms with Crippen molar-refractivity contribution in [1.82, 2.24) is 4.98 Å². The van der Waals surface area contributed by atoms with Gasteiger partial charge in [0.15, 0.2) is 0 Å². The minimum Gasteiger partial charge on any atom is -0.393 e. The van der Waals surface area contributed by atoms with E-state index in [9.17, 15) is 5.11 Å². The molecule has 0 saturated carbocycles. The highest BCUT2D eigenvalue weighted by atomic mass is 16.3. The van der Waals surface area contributed by atoms with Crippen molar-refractivity contribution in [2.24, 2.45) is 5.92 Å². The predicted molar refractivity (Wildman–Crippen MR) is 62.8 cm³/mol. The topological polar surface area (TPSA) is 33.1 Å². The van der Waals surface area contributed by atoms with Crippen LogP contribution in [-0.2, 0) is 6.42 Å². The van der Waals surface area contributed by atoms with Gasteiger partial charge in [0.25, 0.3) is 0 Å². The van der Waals surface area contributed by atoms with E-state index in [-0.39, 0.29) is 6.10 Å². The molecule has 0 spiro atoms. The molecule has 15 heavy (non-hydrogen) atoms. The van der Waals surface area contributed by atoms with Crippen LogP contribution in [0.25, 0.3) is 0 Å². The van der Waals surface area contributed by atoms with Crippen LogP contribution < -0.4 is 0 Å². The fourth-order valence-corrected chi connectivity index (χ4v) is 1.72. The molecule has 1 atom stereocenters. The molecular formula is C13H21NO. The van der Waals surface area contributed by atoms with Crippen molar-refractivity contribution in [3.8, 4) is 0 Å². The van der Waals surface area contributed by atoms with Gasteiger partial charge in [-0.3, -0.25) is 4.98 Å². The monoisotopic (exact) mass is 207 g/mol. The maximum atomic E-state index is 9.72. The molecule has 1 aromatic heterocycles. The third kappa shape index (κ3) is 4.93. The van der Waals surface area contributed by atoms with Crippen molar-refractivity contribution in [2.45, 2.75) is 46.1 Å². The summed E-state index contributed by atoms with van der Waals surface area (Å²) in [5.74, 6) is 0.561. The van der Waals surface area contributed by atoms with Gasteiger partial charge in [0.1, 0.15) is 0 Å². The van der Waals surface area contributed by atoms with Gasteiger partial charge < -0.3 is 5.11 Å². The Morgan fingerprint density at radius 1 is 1.33 bits per heavy atom. The Morgan fingerprint density at radius 3 is 2.67 bits per heavy atom. The van der Waals surface area contributed by atoms with E-state index in [0.717, 1.165) is 30.7 Å². The third-order valence-electron chi connectivity index (χ3n) is 2.42. The number of aryl methyl sites for hydroxylation is 2. The van der Waals surface area contributed by atoms with Gasteiger partial charge in [-0.15, -0.1) is 0 Å². The molecule has 0 saturated heterocycles. The molecule has 0 radical (unpaired) electrons. The summed E-state index contributed by atoms with van der Waals surface area (Å²) in [6.07, 6.45) is 2.38. The molecule has 2 heteroatoms. The summed E-state index contributed by atoms with van der Waals surface area (Å²) in [6, 6.07) is 6.04. The number of rotatable bonds is 5. The Labute approximate surface area is 92.4 Å². The molecular weight excluding hydrogens is 186 g/mol. The van der Waals surface area contributed by atoms with Crippen molar-refractivity contribution < 1.29 is 5.11 Å². The standard InChI is InChI=1S/C13H21NO/c1-10(2)9-13(15)8-7-12-6-4-5-11(3)14-12/h4-6,10,13,15H,7-9H2,1-3H3. The Balaban J connectivity index is 2.36. The molecule has 0 bridgehead atoms. The number of nitrogens with zero attached hydrogens (tertiary/aromatic N) is 1. The average Bonchev–Trinajstić information content (AvgIpc) is 2.14.